The molecule has 1 spiro atoms. The van der Waals surface area contributed by atoms with Gasteiger partial charge in [-0.3, -0.25) is 9.48 Å². The van der Waals surface area contributed by atoms with Crippen molar-refractivity contribution in [3.63, 3.8) is 0 Å². The van der Waals surface area contributed by atoms with Gasteiger partial charge in [0, 0.05) is 55.2 Å². The number of aryl methyl sites for hydroxylation is 2. The topological polar surface area (TPSA) is 74.4 Å². The van der Waals surface area contributed by atoms with Crippen molar-refractivity contribution < 1.29 is 9.53 Å². The van der Waals surface area contributed by atoms with Crippen LogP contribution in [0.5, 0.6) is 0 Å². The molecule has 3 aliphatic heterocycles. The van der Waals surface area contributed by atoms with Gasteiger partial charge in [-0.25, -0.2) is 0 Å². The fourth-order valence-corrected chi connectivity index (χ4v) is 6.28. The number of benzene rings is 2. The summed E-state index contributed by atoms with van der Waals surface area (Å²) in [6.07, 6.45) is 5.13. The third-order valence-corrected chi connectivity index (χ3v) is 8.06. The lowest BCUT2D eigenvalue weighted by molar-refractivity contribution is -0.136. The molecule has 3 aromatic rings. The summed E-state index contributed by atoms with van der Waals surface area (Å²) in [5.74, 6) is 0.00241. The largest absolute Gasteiger partial charge is 0.376 e. The van der Waals surface area contributed by atoms with Crippen LogP contribution in [0.25, 0.3) is 22.0 Å². The van der Waals surface area contributed by atoms with Gasteiger partial charge in [0.1, 0.15) is 6.07 Å². The Balaban J connectivity index is 1.50. The number of amides is 1. The summed E-state index contributed by atoms with van der Waals surface area (Å²) in [5.41, 5.74) is 8.43. The van der Waals surface area contributed by atoms with Crippen LogP contribution in [-0.4, -0.2) is 53.4 Å². The van der Waals surface area contributed by atoms with Crippen molar-refractivity contribution in [2.24, 2.45) is 12.5 Å². The van der Waals surface area contributed by atoms with Gasteiger partial charge in [-0.15, -0.1) is 0 Å². The lowest BCUT2D eigenvalue weighted by Crippen LogP contribution is -2.59. The molecule has 6 rings (SSSR count). The van der Waals surface area contributed by atoms with E-state index in [4.69, 9.17) is 4.74 Å². The second-order valence-corrected chi connectivity index (χ2v) is 10.2. The van der Waals surface area contributed by atoms with E-state index in [1.165, 1.54) is 11.6 Å². The highest BCUT2D eigenvalue weighted by atomic mass is 16.5. The molecule has 0 aliphatic carbocycles. The van der Waals surface area contributed by atoms with Gasteiger partial charge in [0.15, 0.2) is 0 Å². The molecule has 178 valence electrons. The molecule has 0 bridgehead atoms. The van der Waals surface area contributed by atoms with Crippen LogP contribution < -0.4 is 4.90 Å². The summed E-state index contributed by atoms with van der Waals surface area (Å²) in [6.45, 7) is 10.2. The van der Waals surface area contributed by atoms with Gasteiger partial charge in [0.2, 0.25) is 5.91 Å². The number of aromatic nitrogens is 2. The molecule has 0 radical (unpaired) electrons. The first-order valence-electron chi connectivity index (χ1n) is 12.2. The number of carbonyl (C=O) groups is 1. The molecule has 0 unspecified atom stereocenters. The van der Waals surface area contributed by atoms with Crippen LogP contribution in [0.15, 0.2) is 37.1 Å². The van der Waals surface area contributed by atoms with Crippen molar-refractivity contribution in [3.05, 3.63) is 59.3 Å². The highest BCUT2D eigenvalue weighted by Crippen LogP contribution is 2.46. The van der Waals surface area contributed by atoms with Crippen LogP contribution >= 0.6 is 0 Å². The summed E-state index contributed by atoms with van der Waals surface area (Å²) in [5, 5.41) is 16.1. The molecule has 1 aromatic heterocycles. The van der Waals surface area contributed by atoms with E-state index in [2.05, 4.69) is 47.8 Å². The lowest BCUT2D eigenvalue weighted by atomic mass is 9.79. The number of likely N-dealkylation sites (tertiary alicyclic amines) is 1. The van der Waals surface area contributed by atoms with Gasteiger partial charge in [-0.05, 0) is 48.6 Å². The molecular formula is C28H29N5O2. The van der Waals surface area contributed by atoms with Crippen molar-refractivity contribution in [1.82, 2.24) is 14.7 Å². The predicted molar refractivity (Wildman–Crippen MR) is 135 cm³/mol. The number of nitrogens with zero attached hydrogens (tertiary/aromatic N) is 5. The quantitative estimate of drug-likeness (QED) is 0.549. The average Bonchev–Trinajstić information content (AvgIpc) is 3.46. The molecule has 1 amide bonds. The predicted octanol–water partition coefficient (Wildman–Crippen LogP) is 3.72. The van der Waals surface area contributed by atoms with Crippen LogP contribution in [-0.2, 0) is 29.6 Å². The molecule has 4 heterocycles. The van der Waals surface area contributed by atoms with E-state index in [0.717, 1.165) is 77.9 Å². The number of hydrogen-bond donors (Lipinski definition) is 0. The van der Waals surface area contributed by atoms with Crippen LogP contribution in [0, 0.1) is 23.7 Å². The molecule has 0 saturated carbocycles. The maximum absolute atomic E-state index is 12.0. The first kappa shape index (κ1) is 21.9. The fourth-order valence-electron chi connectivity index (χ4n) is 6.28. The number of carbonyl (C=O) groups excluding carboxylic acids is 1. The number of rotatable bonds is 3. The monoisotopic (exact) mass is 467 g/mol. The minimum Gasteiger partial charge on any atom is -0.376 e. The Morgan fingerprint density at radius 3 is 2.89 bits per heavy atom. The number of nitriles is 1. The third kappa shape index (κ3) is 3.28. The summed E-state index contributed by atoms with van der Waals surface area (Å²) < 4.78 is 7.81. The smallest absolute Gasteiger partial charge is 0.245 e. The lowest BCUT2D eigenvalue weighted by Gasteiger charge is -2.47. The molecule has 3 aliphatic rings. The van der Waals surface area contributed by atoms with Crippen molar-refractivity contribution in [2.75, 3.05) is 37.7 Å². The van der Waals surface area contributed by atoms with Crippen LogP contribution in [0.1, 0.15) is 28.7 Å². The van der Waals surface area contributed by atoms with E-state index in [0.29, 0.717) is 18.8 Å². The molecule has 0 atom stereocenters. The van der Waals surface area contributed by atoms with Crippen molar-refractivity contribution >= 4 is 22.5 Å². The average molecular weight is 468 g/mol. The zero-order valence-electron chi connectivity index (χ0n) is 20.3. The van der Waals surface area contributed by atoms with E-state index in [-0.39, 0.29) is 11.3 Å². The first-order valence-corrected chi connectivity index (χ1v) is 12.2. The number of ether oxygens (including phenoxy) is 1. The van der Waals surface area contributed by atoms with Crippen LogP contribution in [0.2, 0.25) is 0 Å². The van der Waals surface area contributed by atoms with E-state index in [1.54, 1.807) is 0 Å². The molecule has 2 saturated heterocycles. The molecule has 35 heavy (non-hydrogen) atoms. The Bertz CT molecular complexity index is 1420. The van der Waals surface area contributed by atoms with E-state index in [9.17, 15) is 10.1 Å². The van der Waals surface area contributed by atoms with E-state index >= 15 is 0 Å². The Hall–Kier alpha value is -3.63. The van der Waals surface area contributed by atoms with Gasteiger partial charge >= 0.3 is 0 Å². The summed E-state index contributed by atoms with van der Waals surface area (Å²) in [6, 6.07) is 9.03. The Labute approximate surface area is 205 Å². The van der Waals surface area contributed by atoms with Gasteiger partial charge < -0.3 is 14.5 Å². The highest BCUT2D eigenvalue weighted by molar-refractivity contribution is 5.99. The maximum Gasteiger partial charge on any atom is 0.245 e. The summed E-state index contributed by atoms with van der Waals surface area (Å²) in [7, 11) is 1.96. The Morgan fingerprint density at radius 2 is 2.11 bits per heavy atom. The normalized spacial score (nSPS) is 18.4. The number of anilines is 1. The van der Waals surface area contributed by atoms with Gasteiger partial charge in [0.05, 0.1) is 36.2 Å². The number of fused-ring (bicyclic) bond motifs is 2. The minimum atomic E-state index is 0.00241. The second kappa shape index (κ2) is 7.96. The molecule has 7 nitrogen and oxygen atoms in total. The standard InChI is InChI=1S/C28H29N5O2/c1-4-24(34)33-16-28(17-33)8-9-32(15-28)23-11-19-7-10-35-14-22(19)26(21(23)12-29)25-18(2)5-6-20-13-30-31(3)27(20)25/h4-6,11,13H,1,7-10,14-17H2,2-3H3. The summed E-state index contributed by atoms with van der Waals surface area (Å²) >= 11 is 0. The van der Waals surface area contributed by atoms with E-state index in [1.807, 2.05) is 22.8 Å². The maximum atomic E-state index is 12.0. The van der Waals surface area contributed by atoms with Gasteiger partial charge in [-0.1, -0.05) is 18.7 Å². The third-order valence-electron chi connectivity index (χ3n) is 8.06. The summed E-state index contributed by atoms with van der Waals surface area (Å²) in [4.78, 5) is 16.3. The van der Waals surface area contributed by atoms with Gasteiger partial charge in [0.25, 0.3) is 0 Å². The molecule has 0 N–H and O–H groups in total. The van der Waals surface area contributed by atoms with Crippen molar-refractivity contribution in [3.8, 4) is 17.2 Å². The minimum absolute atomic E-state index is 0.00241. The molecular weight excluding hydrogens is 438 g/mol. The zero-order chi connectivity index (χ0) is 24.3. The molecule has 7 heteroatoms. The highest BCUT2D eigenvalue weighted by Gasteiger charge is 2.49. The number of hydrogen-bond acceptors (Lipinski definition) is 5. The van der Waals surface area contributed by atoms with Crippen molar-refractivity contribution in [1.29, 1.82) is 5.26 Å². The van der Waals surface area contributed by atoms with Gasteiger partial charge in [-0.2, -0.15) is 10.4 Å². The zero-order valence-corrected chi connectivity index (χ0v) is 20.3. The van der Waals surface area contributed by atoms with E-state index < -0.39 is 0 Å². The molecule has 2 aromatic carbocycles. The van der Waals surface area contributed by atoms with Crippen molar-refractivity contribution in [2.45, 2.75) is 26.4 Å². The SMILES string of the molecule is C=CC(=O)N1CC2(CCN(c3cc4c(c(-c5c(C)ccc6cnn(C)c56)c3C#N)COCC4)C2)C1. The first-order chi connectivity index (χ1) is 16.9. The fraction of sp³-hybridized carbons (Fsp3) is 0.393. The van der Waals surface area contributed by atoms with Crippen LogP contribution in [0.3, 0.4) is 0 Å². The second-order valence-electron chi connectivity index (χ2n) is 10.2. The Kier molecular flexibility index (Phi) is 4.97. The Morgan fingerprint density at radius 1 is 1.29 bits per heavy atom. The van der Waals surface area contributed by atoms with Crippen LogP contribution in [0.4, 0.5) is 5.69 Å². The molecule has 2 fully saturated rings.